The van der Waals surface area contributed by atoms with Crippen LogP contribution in [0.25, 0.3) is 0 Å². The highest BCUT2D eigenvalue weighted by Crippen LogP contribution is 2.19. The van der Waals surface area contributed by atoms with Gasteiger partial charge in [-0.15, -0.1) is 0 Å². The van der Waals surface area contributed by atoms with Crippen molar-refractivity contribution in [1.29, 1.82) is 0 Å². The number of nitrogens with one attached hydrogen (secondary N) is 1. The zero-order chi connectivity index (χ0) is 10.5. The summed E-state index contributed by atoms with van der Waals surface area (Å²) < 4.78 is 0. The summed E-state index contributed by atoms with van der Waals surface area (Å²) >= 11 is 1.85. The first-order chi connectivity index (χ1) is 7.38. The molecule has 1 heterocycles. The summed E-state index contributed by atoms with van der Waals surface area (Å²) in [6, 6.07) is 0.750. The molecule has 1 fully saturated rings. The molecule has 0 aliphatic heterocycles. The highest BCUT2D eigenvalue weighted by atomic mass is 32.2. The summed E-state index contributed by atoms with van der Waals surface area (Å²) in [5.41, 5.74) is 1.19. The minimum absolute atomic E-state index is 0.750. The average Bonchev–Trinajstić information content (AvgIpc) is 3.09. The van der Waals surface area contributed by atoms with E-state index >= 15 is 0 Å². The molecule has 3 nitrogen and oxygen atoms in total. The van der Waals surface area contributed by atoms with Crippen molar-refractivity contribution in [1.82, 2.24) is 15.3 Å². The monoisotopic (exact) mass is 223 g/mol. The quantitative estimate of drug-likeness (QED) is 0.800. The van der Waals surface area contributed by atoms with Gasteiger partial charge in [-0.1, -0.05) is 6.92 Å². The van der Waals surface area contributed by atoms with Crippen molar-refractivity contribution < 1.29 is 0 Å². The minimum atomic E-state index is 0.750. The van der Waals surface area contributed by atoms with Crippen LogP contribution in [0.1, 0.15) is 31.2 Å². The lowest BCUT2D eigenvalue weighted by Crippen LogP contribution is -2.15. The normalized spacial score (nSPS) is 15.5. The van der Waals surface area contributed by atoms with Crippen LogP contribution in [0.4, 0.5) is 0 Å². The summed E-state index contributed by atoms with van der Waals surface area (Å²) in [5.74, 6) is 2.98. The Kier molecular flexibility index (Phi) is 3.97. The van der Waals surface area contributed by atoms with Crippen LogP contribution in [0.15, 0.2) is 12.4 Å². The Morgan fingerprint density at radius 1 is 1.40 bits per heavy atom. The first-order valence-electron chi connectivity index (χ1n) is 5.49. The van der Waals surface area contributed by atoms with E-state index in [1.807, 2.05) is 24.2 Å². The fourth-order valence-electron chi connectivity index (χ4n) is 1.29. The molecule has 1 aromatic heterocycles. The molecule has 1 aliphatic carbocycles. The Bertz CT molecular complexity index is 295. The standard InChI is InChI=1S/C11H17N3S/c1-2-15-8-11-13-6-9(7-14-11)5-12-10-3-4-10/h6-7,10,12H,2-5,8H2,1H3. The van der Waals surface area contributed by atoms with Gasteiger partial charge in [-0.05, 0) is 18.6 Å². The lowest BCUT2D eigenvalue weighted by Gasteiger charge is -2.03. The second-order valence-corrected chi connectivity index (χ2v) is 5.07. The number of thioether (sulfide) groups is 1. The highest BCUT2D eigenvalue weighted by molar-refractivity contribution is 7.98. The third kappa shape index (κ3) is 3.80. The van der Waals surface area contributed by atoms with Gasteiger partial charge in [0.25, 0.3) is 0 Å². The number of hydrogen-bond donors (Lipinski definition) is 1. The third-order valence-corrected chi connectivity index (χ3v) is 3.24. The van der Waals surface area contributed by atoms with Gasteiger partial charge in [-0.25, -0.2) is 9.97 Å². The van der Waals surface area contributed by atoms with E-state index in [0.717, 1.165) is 29.9 Å². The molecule has 0 saturated heterocycles. The summed E-state index contributed by atoms with van der Waals surface area (Å²) in [7, 11) is 0. The third-order valence-electron chi connectivity index (χ3n) is 2.37. The van der Waals surface area contributed by atoms with Gasteiger partial charge in [0, 0.05) is 30.5 Å². The second kappa shape index (κ2) is 5.47. The molecule has 0 amide bonds. The molecule has 2 rings (SSSR count). The van der Waals surface area contributed by atoms with Crippen molar-refractivity contribution in [3.8, 4) is 0 Å². The maximum absolute atomic E-state index is 4.34. The number of hydrogen-bond acceptors (Lipinski definition) is 4. The van der Waals surface area contributed by atoms with Gasteiger partial charge in [0.2, 0.25) is 0 Å². The zero-order valence-corrected chi connectivity index (χ0v) is 9.89. The number of rotatable bonds is 6. The summed E-state index contributed by atoms with van der Waals surface area (Å²) in [6.07, 6.45) is 6.53. The van der Waals surface area contributed by atoms with Gasteiger partial charge >= 0.3 is 0 Å². The molecule has 82 valence electrons. The number of nitrogens with zero attached hydrogens (tertiary/aromatic N) is 2. The Balaban J connectivity index is 1.79. The molecule has 15 heavy (non-hydrogen) atoms. The molecule has 0 radical (unpaired) electrons. The van der Waals surface area contributed by atoms with Crippen LogP contribution in [0, 0.1) is 0 Å². The Labute approximate surface area is 95.1 Å². The predicted molar refractivity (Wildman–Crippen MR) is 63.7 cm³/mol. The van der Waals surface area contributed by atoms with Gasteiger partial charge in [-0.2, -0.15) is 11.8 Å². The lowest BCUT2D eigenvalue weighted by atomic mass is 10.3. The predicted octanol–water partition coefficient (Wildman–Crippen LogP) is 1.98. The van der Waals surface area contributed by atoms with Crippen molar-refractivity contribution in [2.75, 3.05) is 5.75 Å². The largest absolute Gasteiger partial charge is 0.310 e. The molecular formula is C11H17N3S. The van der Waals surface area contributed by atoms with E-state index in [1.54, 1.807) is 0 Å². The molecular weight excluding hydrogens is 206 g/mol. The smallest absolute Gasteiger partial charge is 0.138 e. The van der Waals surface area contributed by atoms with Crippen LogP contribution < -0.4 is 5.32 Å². The van der Waals surface area contributed by atoms with E-state index in [9.17, 15) is 0 Å². The Morgan fingerprint density at radius 3 is 2.73 bits per heavy atom. The molecule has 0 aromatic carbocycles. The maximum atomic E-state index is 4.34. The van der Waals surface area contributed by atoms with E-state index in [-0.39, 0.29) is 0 Å². The van der Waals surface area contributed by atoms with Gasteiger partial charge in [0.15, 0.2) is 0 Å². The second-order valence-electron chi connectivity index (χ2n) is 3.80. The van der Waals surface area contributed by atoms with Crippen LogP contribution in [0.2, 0.25) is 0 Å². The van der Waals surface area contributed by atoms with Crippen LogP contribution in [-0.2, 0) is 12.3 Å². The first kappa shape index (κ1) is 10.9. The van der Waals surface area contributed by atoms with Crippen molar-refractivity contribution in [3.05, 3.63) is 23.8 Å². The Hall–Kier alpha value is -0.610. The average molecular weight is 223 g/mol. The fraction of sp³-hybridized carbons (Fsp3) is 0.636. The molecule has 0 atom stereocenters. The van der Waals surface area contributed by atoms with E-state index in [0.29, 0.717) is 0 Å². The molecule has 0 bridgehead atoms. The molecule has 1 aromatic rings. The maximum Gasteiger partial charge on any atom is 0.138 e. The first-order valence-corrected chi connectivity index (χ1v) is 6.65. The molecule has 0 spiro atoms. The number of aromatic nitrogens is 2. The lowest BCUT2D eigenvalue weighted by molar-refractivity contribution is 0.682. The Morgan fingerprint density at radius 2 is 2.13 bits per heavy atom. The van der Waals surface area contributed by atoms with Crippen molar-refractivity contribution in [2.45, 2.75) is 38.1 Å². The van der Waals surface area contributed by atoms with Gasteiger partial charge in [0.1, 0.15) is 5.82 Å². The molecule has 1 aliphatic rings. The van der Waals surface area contributed by atoms with Gasteiger partial charge < -0.3 is 5.32 Å². The van der Waals surface area contributed by atoms with Crippen LogP contribution in [0.3, 0.4) is 0 Å². The van der Waals surface area contributed by atoms with Crippen molar-refractivity contribution in [3.63, 3.8) is 0 Å². The van der Waals surface area contributed by atoms with Crippen LogP contribution >= 0.6 is 11.8 Å². The van der Waals surface area contributed by atoms with E-state index in [4.69, 9.17) is 0 Å². The topological polar surface area (TPSA) is 37.8 Å². The molecule has 1 N–H and O–H groups in total. The van der Waals surface area contributed by atoms with Gasteiger partial charge in [-0.3, -0.25) is 0 Å². The molecule has 1 saturated carbocycles. The van der Waals surface area contributed by atoms with E-state index in [1.165, 1.54) is 18.4 Å². The zero-order valence-electron chi connectivity index (χ0n) is 9.07. The van der Waals surface area contributed by atoms with Crippen LogP contribution in [-0.4, -0.2) is 21.8 Å². The molecule has 0 unspecified atom stereocenters. The molecule has 4 heteroatoms. The summed E-state index contributed by atoms with van der Waals surface area (Å²) in [6.45, 7) is 3.06. The SMILES string of the molecule is CCSCc1ncc(CNC2CC2)cn1. The fourth-order valence-corrected chi connectivity index (χ4v) is 1.83. The minimum Gasteiger partial charge on any atom is -0.310 e. The van der Waals surface area contributed by atoms with Gasteiger partial charge in [0.05, 0.1) is 5.75 Å². The van der Waals surface area contributed by atoms with Crippen molar-refractivity contribution >= 4 is 11.8 Å². The van der Waals surface area contributed by atoms with Crippen molar-refractivity contribution in [2.24, 2.45) is 0 Å². The van der Waals surface area contributed by atoms with Crippen LogP contribution in [0.5, 0.6) is 0 Å². The summed E-state index contributed by atoms with van der Waals surface area (Å²) in [5, 5.41) is 3.45. The highest BCUT2D eigenvalue weighted by Gasteiger charge is 2.19. The van der Waals surface area contributed by atoms with E-state index in [2.05, 4.69) is 22.2 Å². The van der Waals surface area contributed by atoms with E-state index < -0.39 is 0 Å². The summed E-state index contributed by atoms with van der Waals surface area (Å²) in [4.78, 5) is 8.69.